The van der Waals surface area contributed by atoms with E-state index in [1.807, 2.05) is 19.9 Å². The number of allylic oxidation sites excluding steroid dienone is 2. The Morgan fingerprint density at radius 1 is 1.18 bits per heavy atom. The smallest absolute Gasteiger partial charge is 0.333 e. The Kier molecular flexibility index (Phi) is 8.16. The van der Waals surface area contributed by atoms with Gasteiger partial charge in [-0.05, 0) is 62.6 Å². The summed E-state index contributed by atoms with van der Waals surface area (Å²) in [4.78, 5) is 12.3. The summed E-state index contributed by atoms with van der Waals surface area (Å²) in [6.07, 6.45) is 8.09. The molecule has 0 fully saturated rings. The van der Waals surface area contributed by atoms with Crippen molar-refractivity contribution in [1.29, 1.82) is 0 Å². The second kappa shape index (κ2) is 10.4. The Bertz CT molecular complexity index is 709. The molecule has 0 spiro atoms. The van der Waals surface area contributed by atoms with Gasteiger partial charge in [0.05, 0.1) is 6.61 Å². The topological polar surface area (TPSA) is 66.8 Å². The van der Waals surface area contributed by atoms with Gasteiger partial charge >= 0.3 is 5.97 Å². The Morgan fingerprint density at radius 3 is 2.43 bits per heavy atom. The third-order valence-corrected chi connectivity index (χ3v) is 5.47. The molecule has 4 nitrogen and oxygen atoms in total. The summed E-state index contributed by atoms with van der Waals surface area (Å²) in [5.74, 6) is -0.364. The predicted molar refractivity (Wildman–Crippen MR) is 113 cm³/mol. The van der Waals surface area contributed by atoms with Crippen LogP contribution in [0.1, 0.15) is 76.3 Å². The van der Waals surface area contributed by atoms with Gasteiger partial charge in [-0.15, -0.1) is 0 Å². The molecule has 0 heterocycles. The van der Waals surface area contributed by atoms with Crippen molar-refractivity contribution in [3.63, 3.8) is 0 Å². The second-order valence-electron chi connectivity index (χ2n) is 7.85. The van der Waals surface area contributed by atoms with Crippen molar-refractivity contribution in [3.05, 3.63) is 47.1 Å². The summed E-state index contributed by atoms with van der Waals surface area (Å²) >= 11 is 0. The minimum Gasteiger partial charge on any atom is -0.507 e. The number of esters is 1. The number of hydrogen-bond acceptors (Lipinski definition) is 4. The first-order valence-electron chi connectivity index (χ1n) is 10.5. The van der Waals surface area contributed by atoms with E-state index in [2.05, 4.69) is 13.5 Å². The van der Waals surface area contributed by atoms with Crippen LogP contribution in [0.15, 0.2) is 35.9 Å². The second-order valence-corrected chi connectivity index (χ2v) is 7.85. The van der Waals surface area contributed by atoms with Crippen LogP contribution in [-0.2, 0) is 16.0 Å². The van der Waals surface area contributed by atoms with Crippen LogP contribution in [0.4, 0.5) is 0 Å². The lowest BCUT2D eigenvalue weighted by Crippen LogP contribution is -2.21. The van der Waals surface area contributed by atoms with Gasteiger partial charge in [-0.3, -0.25) is 0 Å². The summed E-state index contributed by atoms with van der Waals surface area (Å²) in [6.45, 7) is 10.6. The van der Waals surface area contributed by atoms with Crippen molar-refractivity contribution < 1.29 is 19.7 Å². The van der Waals surface area contributed by atoms with Gasteiger partial charge in [-0.1, -0.05) is 44.9 Å². The predicted octanol–water partition coefficient (Wildman–Crippen LogP) is 5.78. The molecule has 28 heavy (non-hydrogen) atoms. The molecule has 1 aliphatic carbocycles. The highest BCUT2D eigenvalue weighted by Gasteiger charge is 2.32. The molecule has 0 aromatic heterocycles. The molecular weight excluding hydrogens is 352 g/mol. The van der Waals surface area contributed by atoms with Gasteiger partial charge in [-0.2, -0.15) is 0 Å². The number of phenolic OH excluding ortho intramolecular Hbond substituents is 2. The van der Waals surface area contributed by atoms with E-state index in [1.54, 1.807) is 12.1 Å². The zero-order chi connectivity index (χ0) is 20.7. The number of aryl methyl sites for hydroxylation is 1. The SMILES string of the molecule is C=C(C)[C@@H]1CCC(C(=O)OCCC)=C[C@H]1c1c(O)cc(CCCCC)cc1O. The molecule has 0 amide bonds. The Balaban J connectivity index is 2.36. The maximum absolute atomic E-state index is 12.3. The molecule has 1 aromatic rings. The molecule has 0 saturated heterocycles. The van der Waals surface area contributed by atoms with E-state index in [1.165, 1.54) is 0 Å². The lowest BCUT2D eigenvalue weighted by Gasteiger charge is -2.31. The molecule has 2 N–H and O–H groups in total. The number of rotatable bonds is 9. The number of aromatic hydroxyl groups is 2. The van der Waals surface area contributed by atoms with Gasteiger partial charge < -0.3 is 14.9 Å². The molecule has 0 unspecified atom stereocenters. The normalized spacial score (nSPS) is 19.2. The van der Waals surface area contributed by atoms with Crippen LogP contribution in [0.25, 0.3) is 0 Å². The minimum atomic E-state index is -0.304. The molecule has 154 valence electrons. The molecule has 0 bridgehead atoms. The number of phenols is 2. The quantitative estimate of drug-likeness (QED) is 0.321. The van der Waals surface area contributed by atoms with Crippen molar-refractivity contribution in [2.24, 2.45) is 5.92 Å². The number of carbonyl (C=O) groups excluding carboxylic acids is 1. The Morgan fingerprint density at radius 2 is 1.86 bits per heavy atom. The van der Waals surface area contributed by atoms with Crippen LogP contribution in [0, 0.1) is 5.92 Å². The van der Waals surface area contributed by atoms with Gasteiger partial charge in [0.25, 0.3) is 0 Å². The number of unbranched alkanes of at least 4 members (excludes halogenated alkanes) is 2. The van der Waals surface area contributed by atoms with E-state index in [-0.39, 0.29) is 29.3 Å². The van der Waals surface area contributed by atoms with Crippen molar-refractivity contribution in [1.82, 2.24) is 0 Å². The van der Waals surface area contributed by atoms with Crippen LogP contribution in [0.2, 0.25) is 0 Å². The maximum atomic E-state index is 12.3. The van der Waals surface area contributed by atoms with Crippen molar-refractivity contribution >= 4 is 5.97 Å². The van der Waals surface area contributed by atoms with Gasteiger partial charge in [0.2, 0.25) is 0 Å². The van der Waals surface area contributed by atoms with E-state index in [9.17, 15) is 15.0 Å². The Hall–Kier alpha value is -2.23. The van der Waals surface area contributed by atoms with Crippen LogP contribution in [0.3, 0.4) is 0 Å². The zero-order valence-electron chi connectivity index (χ0n) is 17.5. The van der Waals surface area contributed by atoms with Crippen LogP contribution in [-0.4, -0.2) is 22.8 Å². The molecule has 2 atom stereocenters. The van der Waals surface area contributed by atoms with E-state index >= 15 is 0 Å². The third kappa shape index (κ3) is 5.40. The van der Waals surface area contributed by atoms with Crippen molar-refractivity contribution in [2.75, 3.05) is 6.61 Å². The van der Waals surface area contributed by atoms with Crippen LogP contribution < -0.4 is 0 Å². The first kappa shape index (κ1) is 22.1. The average molecular weight is 387 g/mol. The number of benzene rings is 1. The summed E-state index contributed by atoms with van der Waals surface area (Å²) in [7, 11) is 0. The summed E-state index contributed by atoms with van der Waals surface area (Å²) in [5, 5.41) is 21.4. The molecule has 4 heteroatoms. The van der Waals surface area contributed by atoms with Crippen molar-refractivity contribution in [2.45, 2.75) is 71.6 Å². The maximum Gasteiger partial charge on any atom is 0.333 e. The van der Waals surface area contributed by atoms with Gasteiger partial charge in [0.15, 0.2) is 0 Å². The first-order valence-corrected chi connectivity index (χ1v) is 10.5. The fraction of sp³-hybridized carbons (Fsp3) is 0.542. The van der Waals surface area contributed by atoms with Gasteiger partial charge in [0, 0.05) is 17.1 Å². The highest BCUT2D eigenvalue weighted by atomic mass is 16.5. The molecule has 2 rings (SSSR count). The van der Waals surface area contributed by atoms with E-state index in [4.69, 9.17) is 4.74 Å². The molecule has 1 aromatic carbocycles. The fourth-order valence-electron chi connectivity index (χ4n) is 3.95. The first-order chi connectivity index (χ1) is 13.4. The van der Waals surface area contributed by atoms with Crippen molar-refractivity contribution in [3.8, 4) is 11.5 Å². The highest BCUT2D eigenvalue weighted by Crippen LogP contribution is 2.46. The monoisotopic (exact) mass is 386 g/mol. The lowest BCUT2D eigenvalue weighted by atomic mass is 9.73. The number of ether oxygens (including phenoxy) is 1. The molecule has 0 radical (unpaired) electrons. The van der Waals surface area contributed by atoms with Gasteiger partial charge in [-0.25, -0.2) is 4.79 Å². The lowest BCUT2D eigenvalue weighted by molar-refractivity contribution is -0.139. The molecule has 0 saturated carbocycles. The molecule has 0 aliphatic heterocycles. The third-order valence-electron chi connectivity index (χ3n) is 5.47. The average Bonchev–Trinajstić information content (AvgIpc) is 2.65. The summed E-state index contributed by atoms with van der Waals surface area (Å²) < 4.78 is 5.29. The minimum absolute atomic E-state index is 0.0606. The largest absolute Gasteiger partial charge is 0.507 e. The zero-order valence-corrected chi connectivity index (χ0v) is 17.5. The van der Waals surface area contributed by atoms with E-state index < -0.39 is 0 Å². The van der Waals surface area contributed by atoms with E-state index in [0.29, 0.717) is 24.2 Å². The van der Waals surface area contributed by atoms with Crippen LogP contribution in [0.5, 0.6) is 11.5 Å². The number of carbonyl (C=O) groups is 1. The Labute approximate surface area is 168 Å². The van der Waals surface area contributed by atoms with Crippen LogP contribution >= 0.6 is 0 Å². The summed E-state index contributed by atoms with van der Waals surface area (Å²) in [6, 6.07) is 3.50. The standard InChI is InChI=1S/C24H34O4/c1-5-7-8-9-17-13-21(25)23(22(26)14-17)20-15-18(24(27)28-12-6-2)10-11-19(20)16(3)4/h13-15,19-20,25-26H,3,5-12H2,1-2,4H3/t19-,20+/m0/s1. The molecular formula is C24H34O4. The summed E-state index contributed by atoms with van der Waals surface area (Å²) in [5.41, 5.74) is 3.00. The van der Waals surface area contributed by atoms with Gasteiger partial charge in [0.1, 0.15) is 11.5 Å². The number of hydrogen-bond donors (Lipinski definition) is 2. The van der Waals surface area contributed by atoms with E-state index in [0.717, 1.165) is 49.7 Å². The molecule has 1 aliphatic rings. The highest BCUT2D eigenvalue weighted by molar-refractivity contribution is 5.89. The fourth-order valence-corrected chi connectivity index (χ4v) is 3.95.